The third-order valence-electron chi connectivity index (χ3n) is 7.66. The summed E-state index contributed by atoms with van der Waals surface area (Å²) in [7, 11) is 0. The van der Waals surface area contributed by atoms with Crippen molar-refractivity contribution in [3.05, 3.63) is 0 Å². The van der Waals surface area contributed by atoms with Gasteiger partial charge in [-0.25, -0.2) is 0 Å². The van der Waals surface area contributed by atoms with Gasteiger partial charge in [0.05, 0.1) is 0 Å². The number of piperidine rings is 2. The average molecular weight is 363 g/mol. The lowest BCUT2D eigenvalue weighted by Gasteiger charge is -2.48. The van der Waals surface area contributed by atoms with Crippen LogP contribution in [0, 0.1) is 22.7 Å². The van der Waals surface area contributed by atoms with Gasteiger partial charge in [0, 0.05) is 18.5 Å². The van der Waals surface area contributed by atoms with E-state index < -0.39 is 0 Å². The van der Waals surface area contributed by atoms with Crippen LogP contribution in [0.5, 0.6) is 0 Å². The van der Waals surface area contributed by atoms with Crippen molar-refractivity contribution in [2.45, 2.75) is 85.5 Å². The van der Waals surface area contributed by atoms with Gasteiger partial charge in [0.2, 0.25) is 5.91 Å². The van der Waals surface area contributed by atoms with E-state index in [2.05, 4.69) is 16.7 Å². The molecule has 0 aromatic rings. The maximum absolute atomic E-state index is 12.5. The van der Waals surface area contributed by atoms with Crippen molar-refractivity contribution in [1.82, 2.24) is 9.80 Å². The van der Waals surface area contributed by atoms with Gasteiger partial charge in [-0.2, -0.15) is 0 Å². The van der Waals surface area contributed by atoms with Crippen molar-refractivity contribution in [2.75, 3.05) is 32.7 Å². The van der Waals surface area contributed by atoms with Crippen LogP contribution in [0.2, 0.25) is 0 Å². The molecule has 1 amide bonds. The Labute approximate surface area is 161 Å². The topological polar surface area (TPSA) is 23.6 Å². The fourth-order valence-corrected chi connectivity index (χ4v) is 5.39. The molecule has 150 valence electrons. The Bertz CT molecular complexity index is 455. The van der Waals surface area contributed by atoms with Gasteiger partial charge in [0.1, 0.15) is 0 Å². The second kappa shape index (κ2) is 8.20. The molecule has 0 aromatic carbocycles. The number of hydrogen-bond acceptors (Lipinski definition) is 2. The number of nitrogens with zero attached hydrogens (tertiary/aromatic N) is 2. The minimum absolute atomic E-state index is 0.231. The van der Waals surface area contributed by atoms with Crippen molar-refractivity contribution >= 4 is 5.91 Å². The number of rotatable bonds is 3. The molecule has 3 fully saturated rings. The summed E-state index contributed by atoms with van der Waals surface area (Å²) in [6, 6.07) is 0. The molecule has 0 radical (unpaired) electrons. The van der Waals surface area contributed by atoms with Gasteiger partial charge < -0.3 is 9.80 Å². The smallest absolute Gasteiger partial charge is 0.227 e. The van der Waals surface area contributed by atoms with Crippen molar-refractivity contribution < 1.29 is 4.79 Å². The van der Waals surface area contributed by atoms with Crippen LogP contribution in [-0.2, 0) is 4.79 Å². The van der Waals surface area contributed by atoms with Crippen LogP contribution in [0.4, 0.5) is 0 Å². The summed E-state index contributed by atoms with van der Waals surface area (Å²) in [6.07, 6.45) is 12.4. The predicted octanol–water partition coefficient (Wildman–Crippen LogP) is 4.95. The van der Waals surface area contributed by atoms with Crippen molar-refractivity contribution in [3.8, 4) is 0 Å². The summed E-state index contributed by atoms with van der Waals surface area (Å²) in [5, 5.41) is 0. The van der Waals surface area contributed by atoms with E-state index in [1.165, 1.54) is 77.4 Å². The van der Waals surface area contributed by atoms with Crippen molar-refractivity contribution in [3.63, 3.8) is 0 Å². The Morgan fingerprint density at radius 3 is 2.00 bits per heavy atom. The van der Waals surface area contributed by atoms with E-state index in [0.29, 0.717) is 11.3 Å². The average Bonchev–Trinajstić information content (AvgIpc) is 2.62. The third-order valence-corrected chi connectivity index (χ3v) is 7.66. The largest absolute Gasteiger partial charge is 0.342 e. The molecule has 2 aliphatic heterocycles. The summed E-state index contributed by atoms with van der Waals surface area (Å²) >= 11 is 0. The quantitative estimate of drug-likeness (QED) is 0.709. The van der Waals surface area contributed by atoms with E-state index in [1.807, 2.05) is 20.8 Å². The number of carbonyl (C=O) groups excluding carboxylic acids is 1. The molecule has 1 saturated carbocycles. The van der Waals surface area contributed by atoms with Crippen LogP contribution < -0.4 is 0 Å². The molecule has 3 rings (SSSR count). The second-order valence-electron chi connectivity index (χ2n) is 10.8. The van der Waals surface area contributed by atoms with Crippen LogP contribution in [-0.4, -0.2) is 48.4 Å². The molecule has 0 aromatic heterocycles. The van der Waals surface area contributed by atoms with E-state index in [-0.39, 0.29) is 5.41 Å². The monoisotopic (exact) mass is 362 g/mol. The molecule has 0 unspecified atom stereocenters. The molecule has 3 heteroatoms. The normalized spacial score (nSPS) is 30.5. The summed E-state index contributed by atoms with van der Waals surface area (Å²) in [4.78, 5) is 17.4. The minimum Gasteiger partial charge on any atom is -0.342 e. The van der Waals surface area contributed by atoms with Crippen molar-refractivity contribution in [2.24, 2.45) is 22.7 Å². The molecule has 2 heterocycles. The van der Waals surface area contributed by atoms with Gasteiger partial charge in [-0.1, -0.05) is 53.4 Å². The summed E-state index contributed by atoms with van der Waals surface area (Å²) < 4.78 is 0. The van der Waals surface area contributed by atoms with E-state index in [4.69, 9.17) is 0 Å². The zero-order valence-corrected chi connectivity index (χ0v) is 17.9. The van der Waals surface area contributed by atoms with Gasteiger partial charge in [0.15, 0.2) is 0 Å². The number of amides is 1. The first-order valence-electron chi connectivity index (χ1n) is 11.3. The van der Waals surface area contributed by atoms with Crippen LogP contribution in [0.15, 0.2) is 0 Å². The van der Waals surface area contributed by atoms with E-state index in [0.717, 1.165) is 24.9 Å². The second-order valence-corrected chi connectivity index (χ2v) is 10.8. The lowest BCUT2D eigenvalue weighted by Crippen LogP contribution is -2.50. The highest BCUT2D eigenvalue weighted by Crippen LogP contribution is 2.42. The Kier molecular flexibility index (Phi) is 6.37. The first-order chi connectivity index (χ1) is 12.3. The standard InChI is InChI=1S/C23H42N2O/c1-19-5-7-20(8-6-19)9-14-24-15-10-23(11-16-24)12-17-25(18-13-23)21(26)22(2,3)4/h19-20H,5-18H2,1-4H3. The number of carbonyl (C=O) groups is 1. The first kappa shape index (κ1) is 20.2. The van der Waals surface area contributed by atoms with Crippen LogP contribution in [0.1, 0.15) is 85.5 Å². The summed E-state index contributed by atoms with van der Waals surface area (Å²) in [5.41, 5.74) is 0.302. The predicted molar refractivity (Wildman–Crippen MR) is 109 cm³/mol. The lowest BCUT2D eigenvalue weighted by atomic mass is 9.71. The first-order valence-corrected chi connectivity index (χ1v) is 11.3. The molecule has 3 aliphatic rings. The molecule has 1 spiro atoms. The van der Waals surface area contributed by atoms with Gasteiger partial charge in [-0.3, -0.25) is 4.79 Å². The maximum Gasteiger partial charge on any atom is 0.227 e. The molecule has 0 N–H and O–H groups in total. The van der Waals surface area contributed by atoms with Crippen LogP contribution in [0.25, 0.3) is 0 Å². The van der Waals surface area contributed by atoms with Gasteiger partial charge >= 0.3 is 0 Å². The van der Waals surface area contributed by atoms with Crippen LogP contribution >= 0.6 is 0 Å². The fourth-order valence-electron chi connectivity index (χ4n) is 5.39. The van der Waals surface area contributed by atoms with Gasteiger partial charge in [-0.15, -0.1) is 0 Å². The van der Waals surface area contributed by atoms with Gasteiger partial charge in [0.25, 0.3) is 0 Å². The Hall–Kier alpha value is -0.570. The summed E-state index contributed by atoms with van der Waals surface area (Å²) in [6.45, 7) is 14.4. The van der Waals surface area contributed by atoms with Crippen LogP contribution in [0.3, 0.4) is 0 Å². The van der Waals surface area contributed by atoms with E-state index in [1.54, 1.807) is 0 Å². The lowest BCUT2D eigenvalue weighted by molar-refractivity contribution is -0.142. The zero-order valence-electron chi connectivity index (χ0n) is 17.9. The zero-order chi connectivity index (χ0) is 18.8. The van der Waals surface area contributed by atoms with Crippen molar-refractivity contribution in [1.29, 1.82) is 0 Å². The Morgan fingerprint density at radius 1 is 0.923 bits per heavy atom. The highest BCUT2D eigenvalue weighted by molar-refractivity contribution is 5.81. The number of likely N-dealkylation sites (tertiary alicyclic amines) is 2. The molecular weight excluding hydrogens is 320 g/mol. The minimum atomic E-state index is -0.231. The number of hydrogen-bond donors (Lipinski definition) is 0. The molecule has 1 aliphatic carbocycles. The van der Waals surface area contributed by atoms with E-state index >= 15 is 0 Å². The highest BCUT2D eigenvalue weighted by Gasteiger charge is 2.40. The molecule has 3 nitrogen and oxygen atoms in total. The van der Waals surface area contributed by atoms with Gasteiger partial charge in [-0.05, 0) is 69.0 Å². The Balaban J connectivity index is 1.38. The van der Waals surface area contributed by atoms with E-state index in [9.17, 15) is 4.79 Å². The third kappa shape index (κ3) is 5.03. The molecular formula is C23H42N2O. The molecule has 2 saturated heterocycles. The summed E-state index contributed by atoms with van der Waals surface area (Å²) in [5.74, 6) is 2.30. The maximum atomic E-state index is 12.5. The SMILES string of the molecule is CC1CCC(CCN2CCC3(CC2)CCN(C(=O)C(C)(C)C)CC3)CC1. The molecule has 26 heavy (non-hydrogen) atoms. The highest BCUT2D eigenvalue weighted by atomic mass is 16.2. The molecule has 0 atom stereocenters. The Morgan fingerprint density at radius 2 is 1.46 bits per heavy atom. The fraction of sp³-hybridized carbons (Fsp3) is 0.957. The molecule has 0 bridgehead atoms.